The number of hydrogen-bond acceptors (Lipinski definition) is 2. The van der Waals surface area contributed by atoms with Crippen molar-refractivity contribution in [2.45, 2.75) is 6.92 Å². The summed E-state index contributed by atoms with van der Waals surface area (Å²) >= 11 is 0. The van der Waals surface area contributed by atoms with E-state index in [0.29, 0.717) is 0 Å². The van der Waals surface area contributed by atoms with Gasteiger partial charge >= 0.3 is 0 Å². The third-order valence-corrected chi connectivity index (χ3v) is 1.36. The molecule has 0 fully saturated rings. The van der Waals surface area contributed by atoms with Gasteiger partial charge in [-0.3, -0.25) is 4.52 Å². The molecule has 0 aliphatic heterocycles. The molecule has 1 radical (unpaired) electrons. The van der Waals surface area contributed by atoms with E-state index >= 15 is 0 Å². The van der Waals surface area contributed by atoms with Gasteiger partial charge in [0.15, 0.2) is 0 Å². The molecule has 0 aliphatic rings. The van der Waals surface area contributed by atoms with Crippen LogP contribution in [0.1, 0.15) is 5.56 Å². The molecule has 0 saturated carbocycles. The average molecular weight is 221 g/mol. The smallest absolute Gasteiger partial charge is 0.136 e. The Morgan fingerprint density at radius 2 is 2.36 bits per heavy atom. The van der Waals surface area contributed by atoms with E-state index in [1.54, 1.807) is 10.7 Å². The minimum absolute atomic E-state index is 0. The van der Waals surface area contributed by atoms with E-state index in [2.05, 4.69) is 16.1 Å². The van der Waals surface area contributed by atoms with Gasteiger partial charge < -0.3 is 0 Å². The molecule has 0 aliphatic carbocycles. The summed E-state index contributed by atoms with van der Waals surface area (Å²) in [4.78, 5) is 4.01. The molecule has 0 N–H and O–H groups in total. The third-order valence-electron chi connectivity index (χ3n) is 1.36. The average Bonchev–Trinajstić information content (AvgIpc) is 2.33. The Morgan fingerprint density at radius 1 is 1.55 bits per heavy atom. The van der Waals surface area contributed by atoms with Gasteiger partial charge in [0.25, 0.3) is 0 Å². The Balaban J connectivity index is 0.000000605. The predicted molar refractivity (Wildman–Crippen MR) is 36.6 cm³/mol. The quantitative estimate of drug-likeness (QED) is 0.617. The van der Waals surface area contributed by atoms with E-state index in [4.69, 9.17) is 0 Å². The fraction of sp³-hybridized carbons (Fsp3) is 0.143. The molecular weight excluding hydrogens is 215 g/mol. The fourth-order valence-electron chi connectivity index (χ4n) is 0.860. The van der Waals surface area contributed by atoms with Crippen LogP contribution >= 0.6 is 0 Å². The summed E-state index contributed by atoms with van der Waals surface area (Å²) in [6.45, 7) is 1.98. The van der Waals surface area contributed by atoms with Crippen LogP contribution in [-0.2, 0) is 32.7 Å². The first-order valence-electron chi connectivity index (χ1n) is 3.04. The number of aromatic nitrogens is 3. The first-order chi connectivity index (χ1) is 4.86. The van der Waals surface area contributed by atoms with Gasteiger partial charge in [0.05, 0.1) is 5.65 Å². The van der Waals surface area contributed by atoms with Gasteiger partial charge in [-0.2, -0.15) is 11.2 Å². The molecule has 0 atom stereocenters. The molecule has 2 aromatic rings. The van der Waals surface area contributed by atoms with Crippen LogP contribution in [-0.4, -0.2) is 14.6 Å². The molecule has 2 heterocycles. The summed E-state index contributed by atoms with van der Waals surface area (Å²) in [5, 5.41) is 3.93. The molecular formula is C7H6N3Y-. The van der Waals surface area contributed by atoms with Gasteiger partial charge in [0.1, 0.15) is 6.33 Å². The molecule has 53 valence electrons. The molecule has 3 nitrogen and oxygen atoms in total. The summed E-state index contributed by atoms with van der Waals surface area (Å²) in [6, 6.07) is 4.96. The van der Waals surface area contributed by atoms with Crippen LogP contribution in [0.4, 0.5) is 0 Å². The number of pyridine rings is 1. The molecule has 0 spiro atoms. The molecule has 4 heteroatoms. The number of rotatable bonds is 0. The van der Waals surface area contributed by atoms with Crippen molar-refractivity contribution in [3.63, 3.8) is 0 Å². The zero-order valence-electron chi connectivity index (χ0n) is 6.15. The second kappa shape index (κ2) is 3.41. The minimum atomic E-state index is 0. The van der Waals surface area contributed by atoms with Crippen molar-refractivity contribution >= 4 is 5.65 Å². The van der Waals surface area contributed by atoms with E-state index in [1.165, 1.54) is 6.33 Å². The monoisotopic (exact) mass is 221 g/mol. The topological polar surface area (TPSA) is 30.2 Å². The standard InChI is InChI=1S/C7H6N3.Y/c1-6-2-3-10-7(4-6)8-5-9-10;/h3-5H,1H3;/q-1;. The number of hydrogen-bond donors (Lipinski definition) is 0. The summed E-state index contributed by atoms with van der Waals surface area (Å²) in [5.41, 5.74) is 1.96. The van der Waals surface area contributed by atoms with Crippen LogP contribution in [0, 0.1) is 13.0 Å². The maximum Gasteiger partial charge on any atom is 0.136 e. The second-order valence-electron chi connectivity index (χ2n) is 2.16. The molecule has 11 heavy (non-hydrogen) atoms. The largest absolute Gasteiger partial charge is 0.258 e. The van der Waals surface area contributed by atoms with Gasteiger partial charge in [-0.25, -0.2) is 16.6 Å². The summed E-state index contributed by atoms with van der Waals surface area (Å²) in [5.74, 6) is 0. The van der Waals surface area contributed by atoms with Crippen LogP contribution in [0.2, 0.25) is 0 Å². The molecule has 0 unspecified atom stereocenters. The molecule has 0 saturated heterocycles. The molecule has 0 bridgehead atoms. The SMILES string of the molecule is Cc1[c-]cn2ncnc2c1.[Y]. The van der Waals surface area contributed by atoms with Crippen molar-refractivity contribution in [3.8, 4) is 0 Å². The zero-order valence-corrected chi connectivity index (χ0v) is 8.99. The molecule has 0 amide bonds. The Morgan fingerprint density at radius 3 is 3.18 bits per heavy atom. The second-order valence-corrected chi connectivity index (χ2v) is 2.16. The summed E-state index contributed by atoms with van der Waals surface area (Å²) < 4.78 is 1.69. The van der Waals surface area contributed by atoms with E-state index in [9.17, 15) is 0 Å². The fourth-order valence-corrected chi connectivity index (χ4v) is 0.860. The van der Waals surface area contributed by atoms with Crippen molar-refractivity contribution in [1.29, 1.82) is 0 Å². The van der Waals surface area contributed by atoms with Crippen molar-refractivity contribution in [2.24, 2.45) is 0 Å². The molecule has 2 rings (SSSR count). The summed E-state index contributed by atoms with van der Waals surface area (Å²) in [7, 11) is 0. The number of fused-ring (bicyclic) bond motifs is 1. The van der Waals surface area contributed by atoms with E-state index < -0.39 is 0 Å². The first-order valence-corrected chi connectivity index (χ1v) is 3.04. The van der Waals surface area contributed by atoms with E-state index in [0.717, 1.165) is 11.2 Å². The normalized spacial score (nSPS) is 9.55. The van der Waals surface area contributed by atoms with Gasteiger partial charge in [0.2, 0.25) is 0 Å². The van der Waals surface area contributed by atoms with Crippen molar-refractivity contribution in [3.05, 3.63) is 30.2 Å². The first kappa shape index (κ1) is 8.82. The number of aryl methyl sites for hydroxylation is 1. The van der Waals surface area contributed by atoms with Crippen molar-refractivity contribution < 1.29 is 32.7 Å². The molecule has 2 aromatic heterocycles. The predicted octanol–water partition coefficient (Wildman–Crippen LogP) is 0.835. The zero-order chi connectivity index (χ0) is 6.97. The van der Waals surface area contributed by atoms with Crippen LogP contribution in [0.3, 0.4) is 0 Å². The van der Waals surface area contributed by atoms with Crippen molar-refractivity contribution in [2.75, 3.05) is 0 Å². The van der Waals surface area contributed by atoms with Gasteiger partial charge in [0, 0.05) is 32.7 Å². The Bertz CT molecular complexity index is 355. The van der Waals surface area contributed by atoms with Gasteiger partial charge in [-0.1, -0.05) is 13.1 Å². The van der Waals surface area contributed by atoms with Crippen LogP contribution in [0.5, 0.6) is 0 Å². The number of nitrogens with zero attached hydrogens (tertiary/aromatic N) is 3. The van der Waals surface area contributed by atoms with Gasteiger partial charge in [-0.05, 0) is 0 Å². The van der Waals surface area contributed by atoms with Crippen LogP contribution in [0.15, 0.2) is 18.6 Å². The van der Waals surface area contributed by atoms with Crippen molar-refractivity contribution in [1.82, 2.24) is 14.6 Å². The third kappa shape index (κ3) is 1.65. The Hall–Kier alpha value is -0.276. The Labute approximate surface area is 89.7 Å². The van der Waals surface area contributed by atoms with Crippen LogP contribution < -0.4 is 0 Å². The Kier molecular flexibility index (Phi) is 2.74. The minimum Gasteiger partial charge on any atom is -0.258 e. The maximum absolute atomic E-state index is 4.01. The van der Waals surface area contributed by atoms with E-state index in [-0.39, 0.29) is 32.7 Å². The molecule has 0 aromatic carbocycles. The van der Waals surface area contributed by atoms with Gasteiger partial charge in [-0.15, -0.1) is 0 Å². The van der Waals surface area contributed by atoms with Crippen LogP contribution in [0.25, 0.3) is 5.65 Å². The summed E-state index contributed by atoms with van der Waals surface area (Å²) in [6.07, 6.45) is 3.31. The maximum atomic E-state index is 4.01. The van der Waals surface area contributed by atoms with E-state index in [1.807, 2.05) is 13.0 Å².